The summed E-state index contributed by atoms with van der Waals surface area (Å²) in [4.78, 5) is 33.6. The van der Waals surface area contributed by atoms with E-state index in [2.05, 4.69) is 0 Å². The first-order chi connectivity index (χ1) is 8.88. The van der Waals surface area contributed by atoms with Gasteiger partial charge in [0.1, 0.15) is 0 Å². The van der Waals surface area contributed by atoms with Gasteiger partial charge in [0, 0.05) is 19.5 Å². The fourth-order valence-electron chi connectivity index (χ4n) is 1.71. The molecule has 0 aliphatic carbocycles. The van der Waals surface area contributed by atoms with E-state index in [4.69, 9.17) is 11.6 Å². The quantitative estimate of drug-likeness (QED) is 0.446. The van der Waals surface area contributed by atoms with Gasteiger partial charge in [0.25, 0.3) is 0 Å². The van der Waals surface area contributed by atoms with Crippen molar-refractivity contribution < 1.29 is 4.92 Å². The van der Waals surface area contributed by atoms with Gasteiger partial charge >= 0.3 is 16.9 Å². The van der Waals surface area contributed by atoms with E-state index in [1.165, 1.54) is 7.05 Å². The Morgan fingerprint density at radius 1 is 1.42 bits per heavy atom. The van der Waals surface area contributed by atoms with Gasteiger partial charge in [-0.1, -0.05) is 6.92 Å². The van der Waals surface area contributed by atoms with Crippen LogP contribution in [0.4, 0.5) is 5.69 Å². The summed E-state index contributed by atoms with van der Waals surface area (Å²) in [7, 11) is 1.38. The smallest absolute Gasteiger partial charge is 0.297 e. The molecule has 1 atom stereocenters. The maximum atomic E-state index is 11.8. The average Bonchev–Trinajstić information content (AvgIpc) is 2.33. The van der Waals surface area contributed by atoms with Crippen molar-refractivity contribution in [3.63, 3.8) is 0 Å². The molecule has 0 saturated carbocycles. The number of rotatable bonds is 6. The second-order valence-electron chi connectivity index (χ2n) is 4.49. The summed E-state index contributed by atoms with van der Waals surface area (Å²) < 4.78 is 1.95. The van der Waals surface area contributed by atoms with Gasteiger partial charge in [-0.15, -0.1) is 11.6 Å². The number of hydrogen-bond acceptors (Lipinski definition) is 4. The molecule has 1 unspecified atom stereocenters. The Bertz CT molecular complexity index is 578. The molecule has 106 valence electrons. The number of nitrogens with zero attached hydrogens (tertiary/aromatic N) is 3. The highest BCUT2D eigenvalue weighted by Crippen LogP contribution is 2.09. The van der Waals surface area contributed by atoms with Crippen molar-refractivity contribution in [3.05, 3.63) is 37.1 Å². The second kappa shape index (κ2) is 6.51. The number of nitro groups is 1. The van der Waals surface area contributed by atoms with E-state index in [-0.39, 0.29) is 12.5 Å². The summed E-state index contributed by atoms with van der Waals surface area (Å²) in [5, 5.41) is 10.7. The van der Waals surface area contributed by atoms with E-state index in [0.717, 1.165) is 21.8 Å². The Kier molecular flexibility index (Phi) is 5.29. The van der Waals surface area contributed by atoms with Crippen LogP contribution in [0.5, 0.6) is 0 Å². The zero-order valence-corrected chi connectivity index (χ0v) is 11.6. The van der Waals surface area contributed by atoms with Crippen molar-refractivity contribution in [1.29, 1.82) is 0 Å². The molecule has 19 heavy (non-hydrogen) atoms. The summed E-state index contributed by atoms with van der Waals surface area (Å²) in [6.07, 6.45) is 2.29. The standard InChI is InChI=1S/C11H16ClN3O4/c1-8(3-5-12)4-6-14-10(16)9(15(18)19)7-13(2)11(14)17/h7-8H,3-6H2,1-2H3. The summed E-state index contributed by atoms with van der Waals surface area (Å²) in [5.74, 6) is 0.747. The lowest BCUT2D eigenvalue weighted by atomic mass is 10.1. The molecule has 0 aliphatic heterocycles. The van der Waals surface area contributed by atoms with Gasteiger partial charge in [0.2, 0.25) is 0 Å². The van der Waals surface area contributed by atoms with Gasteiger partial charge in [-0.3, -0.25) is 24.0 Å². The maximum absolute atomic E-state index is 11.8. The molecule has 0 bridgehead atoms. The molecule has 0 saturated heterocycles. The van der Waals surface area contributed by atoms with E-state index >= 15 is 0 Å². The lowest BCUT2D eigenvalue weighted by Crippen LogP contribution is -2.39. The Morgan fingerprint density at radius 2 is 2.05 bits per heavy atom. The minimum Gasteiger partial charge on any atom is -0.297 e. The van der Waals surface area contributed by atoms with E-state index < -0.39 is 21.9 Å². The van der Waals surface area contributed by atoms with E-state index in [0.29, 0.717) is 12.3 Å². The number of aryl methyl sites for hydroxylation is 1. The SMILES string of the molecule is CC(CCCl)CCn1c(=O)c([N+](=O)[O-])cn(C)c1=O. The molecule has 7 nitrogen and oxygen atoms in total. The van der Waals surface area contributed by atoms with Gasteiger partial charge in [-0.05, 0) is 18.8 Å². The molecule has 1 heterocycles. The Balaban J connectivity index is 3.10. The first kappa shape index (κ1) is 15.4. The van der Waals surface area contributed by atoms with Gasteiger partial charge in [-0.25, -0.2) is 4.79 Å². The van der Waals surface area contributed by atoms with Gasteiger partial charge in [0.05, 0.1) is 11.1 Å². The van der Waals surface area contributed by atoms with Crippen molar-refractivity contribution >= 4 is 17.3 Å². The van der Waals surface area contributed by atoms with Gasteiger partial charge < -0.3 is 0 Å². The van der Waals surface area contributed by atoms with E-state index in [9.17, 15) is 19.7 Å². The highest BCUT2D eigenvalue weighted by Gasteiger charge is 2.18. The molecule has 1 aromatic heterocycles. The number of hydrogen-bond donors (Lipinski definition) is 0. The first-order valence-corrected chi connectivity index (χ1v) is 6.42. The van der Waals surface area contributed by atoms with Crippen LogP contribution in [0.1, 0.15) is 19.8 Å². The van der Waals surface area contributed by atoms with Gasteiger partial charge in [0.15, 0.2) is 0 Å². The molecule has 0 aliphatic rings. The molecule has 0 aromatic carbocycles. The van der Waals surface area contributed by atoms with Crippen LogP contribution in [-0.2, 0) is 13.6 Å². The third-order valence-electron chi connectivity index (χ3n) is 2.96. The van der Waals surface area contributed by atoms with Crippen molar-refractivity contribution in [3.8, 4) is 0 Å². The minimum absolute atomic E-state index is 0.158. The largest absolute Gasteiger partial charge is 0.350 e. The molecule has 0 N–H and O–H groups in total. The fraction of sp³-hybridized carbons (Fsp3) is 0.636. The molecular weight excluding hydrogens is 274 g/mol. The maximum Gasteiger partial charge on any atom is 0.350 e. The lowest BCUT2D eigenvalue weighted by molar-refractivity contribution is -0.387. The van der Waals surface area contributed by atoms with Crippen molar-refractivity contribution in [1.82, 2.24) is 9.13 Å². The van der Waals surface area contributed by atoms with Gasteiger partial charge in [-0.2, -0.15) is 0 Å². The van der Waals surface area contributed by atoms with Crippen LogP contribution in [0.3, 0.4) is 0 Å². The molecule has 0 amide bonds. The summed E-state index contributed by atoms with van der Waals surface area (Å²) >= 11 is 5.61. The van der Waals surface area contributed by atoms with Crippen LogP contribution in [0.2, 0.25) is 0 Å². The lowest BCUT2D eigenvalue weighted by Gasteiger charge is -2.11. The Labute approximate surface area is 114 Å². The fourth-order valence-corrected chi connectivity index (χ4v) is 2.08. The minimum atomic E-state index is -0.855. The van der Waals surface area contributed by atoms with Crippen molar-refractivity contribution in [2.45, 2.75) is 26.3 Å². The average molecular weight is 290 g/mol. The third-order valence-corrected chi connectivity index (χ3v) is 3.18. The highest BCUT2D eigenvalue weighted by atomic mass is 35.5. The normalized spacial score (nSPS) is 12.4. The highest BCUT2D eigenvalue weighted by molar-refractivity contribution is 6.17. The number of aromatic nitrogens is 2. The van der Waals surface area contributed by atoms with Crippen LogP contribution < -0.4 is 11.2 Å². The van der Waals surface area contributed by atoms with Crippen molar-refractivity contribution in [2.24, 2.45) is 13.0 Å². The van der Waals surface area contributed by atoms with Crippen LogP contribution in [0.25, 0.3) is 0 Å². The number of alkyl halides is 1. The van der Waals surface area contributed by atoms with Crippen LogP contribution >= 0.6 is 11.6 Å². The predicted octanol–water partition coefficient (Wildman–Crippen LogP) is 1.11. The molecule has 1 rings (SSSR count). The third kappa shape index (κ3) is 3.66. The number of halogens is 1. The zero-order chi connectivity index (χ0) is 14.6. The molecule has 0 spiro atoms. The molecular formula is C11H16ClN3O4. The summed E-state index contributed by atoms with van der Waals surface area (Å²) in [6.45, 7) is 2.11. The predicted molar refractivity (Wildman–Crippen MR) is 71.7 cm³/mol. The first-order valence-electron chi connectivity index (χ1n) is 5.89. The molecule has 8 heteroatoms. The molecule has 1 aromatic rings. The second-order valence-corrected chi connectivity index (χ2v) is 4.87. The zero-order valence-electron chi connectivity index (χ0n) is 10.8. The van der Waals surface area contributed by atoms with Crippen molar-refractivity contribution in [2.75, 3.05) is 5.88 Å². The topological polar surface area (TPSA) is 87.1 Å². The monoisotopic (exact) mass is 289 g/mol. The van der Waals surface area contributed by atoms with E-state index in [1.54, 1.807) is 0 Å². The Morgan fingerprint density at radius 3 is 2.58 bits per heavy atom. The van der Waals surface area contributed by atoms with E-state index in [1.807, 2.05) is 6.92 Å². The van der Waals surface area contributed by atoms with Crippen LogP contribution in [0, 0.1) is 16.0 Å². The van der Waals surface area contributed by atoms with Crippen LogP contribution in [-0.4, -0.2) is 19.9 Å². The summed E-state index contributed by atoms with van der Waals surface area (Å²) in [5.41, 5.74) is -1.99. The molecule has 0 radical (unpaired) electrons. The van der Waals surface area contributed by atoms with Crippen LogP contribution in [0.15, 0.2) is 15.8 Å². The Hall–Kier alpha value is -1.63. The summed E-state index contributed by atoms with van der Waals surface area (Å²) in [6, 6.07) is 0. The molecule has 0 fully saturated rings.